The lowest BCUT2D eigenvalue weighted by atomic mass is 9.83. The Labute approximate surface area is 249 Å². The summed E-state index contributed by atoms with van der Waals surface area (Å²) in [5.74, 6) is 0. The Morgan fingerprint density at radius 1 is 0.465 bits per heavy atom. The fourth-order valence-electron chi connectivity index (χ4n) is 7.41. The molecule has 0 atom stereocenters. The lowest BCUT2D eigenvalue weighted by molar-refractivity contribution is 0.658. The van der Waals surface area contributed by atoms with Gasteiger partial charge in [0.1, 0.15) is 0 Å². The highest BCUT2D eigenvalue weighted by Crippen LogP contribution is 2.48. The number of nitrogens with zero attached hydrogens (tertiary/aromatic N) is 4. The van der Waals surface area contributed by atoms with Crippen LogP contribution in [0.5, 0.6) is 0 Å². The molecular formula is C39H30N4. The van der Waals surface area contributed by atoms with Gasteiger partial charge >= 0.3 is 0 Å². The van der Waals surface area contributed by atoms with Gasteiger partial charge in [-0.25, -0.2) is 9.97 Å². The van der Waals surface area contributed by atoms with Crippen LogP contribution < -0.4 is 0 Å². The Balaban J connectivity index is 1.20. The van der Waals surface area contributed by atoms with Crippen LogP contribution in [0.2, 0.25) is 0 Å². The SMILES string of the molecule is Cn1c2ccccc2c2cc(-c3ccc4c(n3)-c3nc(-c5ccc6c(c5)c5ccccc5n6C)ccc3C4(C)C)ccc21. The molecule has 0 aliphatic heterocycles. The van der Waals surface area contributed by atoms with E-state index in [4.69, 9.17) is 9.97 Å². The molecule has 4 aromatic heterocycles. The zero-order valence-electron chi connectivity index (χ0n) is 24.7. The van der Waals surface area contributed by atoms with Crippen LogP contribution in [0.25, 0.3) is 77.5 Å². The normalized spacial score (nSPS) is 13.8. The minimum absolute atomic E-state index is 0.166. The molecule has 0 amide bonds. The number of aryl methyl sites for hydroxylation is 2. The summed E-state index contributed by atoms with van der Waals surface area (Å²) >= 11 is 0. The first-order valence-electron chi connectivity index (χ1n) is 14.9. The van der Waals surface area contributed by atoms with E-state index in [9.17, 15) is 0 Å². The third-order valence-electron chi connectivity index (χ3n) is 9.78. The van der Waals surface area contributed by atoms with Crippen LogP contribution in [0.1, 0.15) is 25.0 Å². The highest BCUT2D eigenvalue weighted by molar-refractivity contribution is 6.10. The quantitative estimate of drug-likeness (QED) is 0.213. The van der Waals surface area contributed by atoms with E-state index in [0.717, 1.165) is 33.9 Å². The van der Waals surface area contributed by atoms with Crippen molar-refractivity contribution in [2.24, 2.45) is 14.1 Å². The Hall–Kier alpha value is -5.22. The predicted molar refractivity (Wildman–Crippen MR) is 178 cm³/mol. The van der Waals surface area contributed by atoms with Gasteiger partial charge in [-0.1, -0.05) is 74.5 Å². The predicted octanol–water partition coefficient (Wildman–Crippen LogP) is 9.41. The summed E-state index contributed by atoms with van der Waals surface area (Å²) in [6, 6.07) is 39.5. The summed E-state index contributed by atoms with van der Waals surface area (Å²) in [6.07, 6.45) is 0. The topological polar surface area (TPSA) is 35.6 Å². The second-order valence-electron chi connectivity index (χ2n) is 12.4. The van der Waals surface area contributed by atoms with Gasteiger partial charge in [-0.3, -0.25) is 0 Å². The second kappa shape index (κ2) is 8.42. The van der Waals surface area contributed by atoms with Crippen LogP contribution >= 0.6 is 0 Å². The fourth-order valence-corrected chi connectivity index (χ4v) is 7.41. The number of rotatable bonds is 2. The number of pyridine rings is 2. The molecule has 9 rings (SSSR count). The molecule has 0 bridgehead atoms. The lowest BCUT2D eigenvalue weighted by Crippen LogP contribution is -2.15. The molecule has 1 aliphatic carbocycles. The smallest absolute Gasteiger partial charge is 0.0937 e. The maximum Gasteiger partial charge on any atom is 0.0937 e. The molecule has 206 valence electrons. The van der Waals surface area contributed by atoms with Crippen molar-refractivity contribution in [3.8, 4) is 33.9 Å². The van der Waals surface area contributed by atoms with Crippen LogP contribution in [0.15, 0.2) is 109 Å². The van der Waals surface area contributed by atoms with E-state index in [2.05, 4.69) is 146 Å². The van der Waals surface area contributed by atoms with E-state index in [0.29, 0.717) is 0 Å². The molecule has 0 spiro atoms. The zero-order valence-corrected chi connectivity index (χ0v) is 24.7. The monoisotopic (exact) mass is 554 g/mol. The van der Waals surface area contributed by atoms with Crippen LogP contribution in [-0.4, -0.2) is 19.1 Å². The van der Waals surface area contributed by atoms with Crippen LogP contribution in [0.3, 0.4) is 0 Å². The standard InChI is InChI=1S/C39H30N4/c1-39(2)29-15-17-31(23-13-19-35-27(21-23)25-9-5-7-11-33(25)42(35)3)40-37(29)38-30(39)16-18-32(41-38)24-14-20-36-28(22-24)26-10-6-8-12-34(26)43(36)4/h5-22H,1-4H3. The first-order chi connectivity index (χ1) is 20.9. The molecule has 43 heavy (non-hydrogen) atoms. The highest BCUT2D eigenvalue weighted by Gasteiger charge is 2.38. The van der Waals surface area contributed by atoms with Gasteiger partial charge in [0.2, 0.25) is 0 Å². The van der Waals surface area contributed by atoms with Crippen molar-refractivity contribution >= 4 is 43.6 Å². The summed E-state index contributed by atoms with van der Waals surface area (Å²) in [7, 11) is 4.27. The molecule has 0 N–H and O–H groups in total. The average Bonchev–Trinajstić information content (AvgIpc) is 3.59. The van der Waals surface area contributed by atoms with Gasteiger partial charge in [0.05, 0.1) is 22.8 Å². The molecule has 8 aromatic rings. The van der Waals surface area contributed by atoms with Gasteiger partial charge in [-0.2, -0.15) is 0 Å². The van der Waals surface area contributed by atoms with Crippen molar-refractivity contribution in [1.82, 2.24) is 19.1 Å². The van der Waals surface area contributed by atoms with Crippen LogP contribution in [-0.2, 0) is 19.5 Å². The van der Waals surface area contributed by atoms with E-state index in [1.54, 1.807) is 0 Å². The Kier molecular flexibility index (Phi) is 4.78. The maximum atomic E-state index is 5.31. The van der Waals surface area contributed by atoms with E-state index in [-0.39, 0.29) is 5.41 Å². The van der Waals surface area contributed by atoms with Crippen molar-refractivity contribution < 1.29 is 0 Å². The van der Waals surface area contributed by atoms with Gasteiger partial charge in [-0.05, 0) is 59.7 Å². The van der Waals surface area contributed by atoms with Crippen LogP contribution in [0, 0.1) is 0 Å². The van der Waals surface area contributed by atoms with E-state index in [1.165, 1.54) is 54.7 Å². The fraction of sp³-hybridized carbons (Fsp3) is 0.128. The number of fused-ring (bicyclic) bond motifs is 9. The molecule has 4 heteroatoms. The number of hydrogen-bond donors (Lipinski definition) is 0. The first-order valence-corrected chi connectivity index (χ1v) is 14.9. The number of benzene rings is 4. The minimum Gasteiger partial charge on any atom is -0.344 e. The Morgan fingerprint density at radius 3 is 1.35 bits per heavy atom. The first kappa shape index (κ1) is 24.4. The summed E-state index contributed by atoms with van der Waals surface area (Å²) in [5, 5.41) is 5.04. The minimum atomic E-state index is -0.166. The molecular weight excluding hydrogens is 524 g/mol. The third kappa shape index (κ3) is 3.26. The molecule has 4 aromatic carbocycles. The maximum absolute atomic E-state index is 5.31. The van der Waals surface area contributed by atoms with Gasteiger partial charge in [0.15, 0.2) is 0 Å². The molecule has 1 aliphatic rings. The van der Waals surface area contributed by atoms with Crippen molar-refractivity contribution in [2.75, 3.05) is 0 Å². The highest BCUT2D eigenvalue weighted by atomic mass is 14.9. The Morgan fingerprint density at radius 2 is 0.884 bits per heavy atom. The molecule has 0 saturated carbocycles. The third-order valence-corrected chi connectivity index (χ3v) is 9.78. The van der Waals surface area contributed by atoms with Gasteiger partial charge < -0.3 is 9.13 Å². The lowest BCUT2D eigenvalue weighted by Gasteiger charge is -2.20. The molecule has 4 heterocycles. The van der Waals surface area contributed by atoms with Gasteiger partial charge in [0.25, 0.3) is 0 Å². The number of hydrogen-bond acceptors (Lipinski definition) is 2. The van der Waals surface area contributed by atoms with Crippen molar-refractivity contribution in [3.05, 3.63) is 120 Å². The summed E-state index contributed by atoms with van der Waals surface area (Å²) in [5.41, 5.74) is 13.4. The second-order valence-corrected chi connectivity index (χ2v) is 12.4. The molecule has 0 fully saturated rings. The summed E-state index contributed by atoms with van der Waals surface area (Å²) < 4.78 is 4.54. The van der Waals surface area contributed by atoms with Crippen molar-refractivity contribution in [3.63, 3.8) is 0 Å². The van der Waals surface area contributed by atoms with E-state index < -0.39 is 0 Å². The van der Waals surface area contributed by atoms with Gasteiger partial charge in [0, 0.05) is 74.2 Å². The van der Waals surface area contributed by atoms with E-state index in [1.807, 2.05) is 0 Å². The molecule has 4 nitrogen and oxygen atoms in total. The Bertz CT molecular complexity index is 2280. The summed E-state index contributed by atoms with van der Waals surface area (Å²) in [6.45, 7) is 4.56. The van der Waals surface area contributed by atoms with Gasteiger partial charge in [-0.15, -0.1) is 0 Å². The summed E-state index contributed by atoms with van der Waals surface area (Å²) in [4.78, 5) is 10.6. The zero-order chi connectivity index (χ0) is 29.0. The molecule has 0 radical (unpaired) electrons. The number of aromatic nitrogens is 4. The van der Waals surface area contributed by atoms with Crippen molar-refractivity contribution in [2.45, 2.75) is 19.3 Å². The van der Waals surface area contributed by atoms with E-state index >= 15 is 0 Å². The molecule has 0 saturated heterocycles. The average molecular weight is 555 g/mol. The molecule has 0 unspecified atom stereocenters. The van der Waals surface area contributed by atoms with Crippen LogP contribution in [0.4, 0.5) is 0 Å². The van der Waals surface area contributed by atoms with Crippen molar-refractivity contribution in [1.29, 1.82) is 0 Å². The largest absolute Gasteiger partial charge is 0.344 e. The number of para-hydroxylation sites is 2.